The lowest BCUT2D eigenvalue weighted by molar-refractivity contribution is -0.142. The molecular formula is C28H32N6O3. The standard InChI is InChI=1S/C28H32N6O3/c1-15-7-19(20-13-29-17(3)30-14-20)8-21-25(15)32-33-28(21,16(2)35)11-24(36)34-22(9-27(4)10-23(27)34)26(37)31-12-18-5-6-18/h7-8,13-14,18,22-23H,5-6,9-12H2,1-4H3,(H,31,37)/t22-,23+,27-,28?/m0/s1. The van der Waals surface area contributed by atoms with Crippen LogP contribution in [0.4, 0.5) is 5.69 Å². The molecule has 9 heteroatoms. The molecule has 1 unspecified atom stereocenters. The zero-order valence-corrected chi connectivity index (χ0v) is 21.7. The van der Waals surface area contributed by atoms with Gasteiger partial charge < -0.3 is 10.2 Å². The Balaban J connectivity index is 1.32. The third-order valence-electron chi connectivity index (χ3n) is 8.66. The summed E-state index contributed by atoms with van der Waals surface area (Å²) in [6, 6.07) is 3.38. The Morgan fingerprint density at radius 2 is 1.81 bits per heavy atom. The summed E-state index contributed by atoms with van der Waals surface area (Å²) in [7, 11) is 0. The van der Waals surface area contributed by atoms with Crippen LogP contribution >= 0.6 is 0 Å². The second-order valence-electron chi connectivity index (χ2n) is 11.6. The highest BCUT2D eigenvalue weighted by Crippen LogP contribution is 2.60. The van der Waals surface area contributed by atoms with Crippen LogP contribution in [0.15, 0.2) is 34.8 Å². The number of fused-ring (bicyclic) bond motifs is 2. The lowest BCUT2D eigenvalue weighted by Crippen LogP contribution is -2.50. The molecule has 1 saturated heterocycles. The van der Waals surface area contributed by atoms with Gasteiger partial charge in [0, 0.05) is 36.1 Å². The van der Waals surface area contributed by atoms with Crippen molar-refractivity contribution in [3.63, 3.8) is 0 Å². The first-order chi connectivity index (χ1) is 17.6. The van der Waals surface area contributed by atoms with Gasteiger partial charge in [0.1, 0.15) is 11.9 Å². The maximum atomic E-state index is 13.9. The largest absolute Gasteiger partial charge is 0.354 e. The number of nitrogens with one attached hydrogen (secondary N) is 1. The van der Waals surface area contributed by atoms with Gasteiger partial charge in [-0.3, -0.25) is 14.4 Å². The predicted octanol–water partition coefficient (Wildman–Crippen LogP) is 3.94. The normalized spacial score (nSPS) is 29.1. The van der Waals surface area contributed by atoms with Gasteiger partial charge in [0.15, 0.2) is 11.3 Å². The molecule has 0 bridgehead atoms. The fourth-order valence-corrected chi connectivity index (χ4v) is 6.00. The Kier molecular flexibility index (Phi) is 5.33. The SMILES string of the molecule is CC(=O)C1(CC(=O)N2[C@H](C(=O)NCC3CC3)C[C@@]3(C)C[C@@H]23)N=Nc2c(C)cc(-c3cnc(C)nc3)cc21. The maximum Gasteiger partial charge on any atom is 0.242 e. The van der Waals surface area contributed by atoms with Crippen LogP contribution in [-0.2, 0) is 19.9 Å². The van der Waals surface area contributed by atoms with Crippen LogP contribution in [0.25, 0.3) is 11.1 Å². The van der Waals surface area contributed by atoms with Gasteiger partial charge in [0.05, 0.1) is 12.1 Å². The summed E-state index contributed by atoms with van der Waals surface area (Å²) in [5.41, 5.74) is 2.31. The van der Waals surface area contributed by atoms with E-state index in [-0.39, 0.29) is 35.5 Å². The van der Waals surface area contributed by atoms with E-state index in [4.69, 9.17) is 0 Å². The molecule has 2 amide bonds. The van der Waals surface area contributed by atoms with Gasteiger partial charge in [0.2, 0.25) is 11.8 Å². The molecule has 4 atom stereocenters. The van der Waals surface area contributed by atoms with Gasteiger partial charge in [-0.1, -0.05) is 6.92 Å². The van der Waals surface area contributed by atoms with Crippen LogP contribution in [0.5, 0.6) is 0 Å². The molecule has 37 heavy (non-hydrogen) atoms. The van der Waals surface area contributed by atoms with E-state index in [1.807, 2.05) is 26.0 Å². The number of aryl methyl sites for hydroxylation is 2. The monoisotopic (exact) mass is 500 g/mol. The van der Waals surface area contributed by atoms with Crippen molar-refractivity contribution in [2.24, 2.45) is 21.6 Å². The van der Waals surface area contributed by atoms with E-state index in [1.165, 1.54) is 6.92 Å². The number of Topliss-reactive ketones (excluding diaryl/α,β-unsaturated/α-hetero) is 1. The zero-order chi connectivity index (χ0) is 26.1. The summed E-state index contributed by atoms with van der Waals surface area (Å²) >= 11 is 0. The Labute approximate surface area is 216 Å². The van der Waals surface area contributed by atoms with E-state index in [1.54, 1.807) is 17.3 Å². The van der Waals surface area contributed by atoms with Crippen LogP contribution in [0.1, 0.15) is 62.9 Å². The maximum absolute atomic E-state index is 13.9. The van der Waals surface area contributed by atoms with Crippen molar-refractivity contribution in [1.82, 2.24) is 20.2 Å². The summed E-state index contributed by atoms with van der Waals surface area (Å²) < 4.78 is 0. The Morgan fingerprint density at radius 1 is 1.08 bits per heavy atom. The number of rotatable bonds is 7. The van der Waals surface area contributed by atoms with E-state index in [2.05, 4.69) is 32.4 Å². The third kappa shape index (κ3) is 3.95. The molecule has 4 aliphatic rings. The molecule has 2 aliphatic carbocycles. The lowest BCUT2D eigenvalue weighted by atomic mass is 9.81. The Hall–Kier alpha value is -3.49. The molecule has 2 aliphatic heterocycles. The van der Waals surface area contributed by atoms with Crippen molar-refractivity contribution in [2.75, 3.05) is 6.54 Å². The predicted molar refractivity (Wildman–Crippen MR) is 136 cm³/mol. The lowest BCUT2D eigenvalue weighted by Gasteiger charge is -2.30. The second-order valence-corrected chi connectivity index (χ2v) is 11.6. The molecule has 1 N–H and O–H groups in total. The summed E-state index contributed by atoms with van der Waals surface area (Å²) in [4.78, 5) is 50.6. The number of nitrogens with zero attached hydrogens (tertiary/aromatic N) is 5. The van der Waals surface area contributed by atoms with Crippen molar-refractivity contribution in [3.05, 3.63) is 41.5 Å². The number of ketones is 1. The van der Waals surface area contributed by atoms with E-state index < -0.39 is 11.6 Å². The van der Waals surface area contributed by atoms with Crippen molar-refractivity contribution >= 4 is 23.3 Å². The first kappa shape index (κ1) is 23.9. The number of carbonyl (C=O) groups is 3. The number of aromatic nitrogens is 2. The van der Waals surface area contributed by atoms with Crippen molar-refractivity contribution in [1.29, 1.82) is 0 Å². The number of amides is 2. The minimum absolute atomic E-state index is 0.0243. The van der Waals surface area contributed by atoms with E-state index in [0.717, 1.165) is 36.0 Å². The highest BCUT2D eigenvalue weighted by molar-refractivity contribution is 5.98. The van der Waals surface area contributed by atoms with Crippen LogP contribution in [0.2, 0.25) is 0 Å². The molecule has 0 spiro atoms. The van der Waals surface area contributed by atoms with Crippen LogP contribution in [0.3, 0.4) is 0 Å². The average molecular weight is 501 g/mol. The first-order valence-corrected chi connectivity index (χ1v) is 13.1. The number of benzene rings is 1. The van der Waals surface area contributed by atoms with Crippen molar-refractivity contribution in [2.45, 2.75) is 77.4 Å². The van der Waals surface area contributed by atoms with Gasteiger partial charge in [0.25, 0.3) is 0 Å². The van der Waals surface area contributed by atoms with Crippen LogP contribution in [-0.4, -0.2) is 51.1 Å². The van der Waals surface area contributed by atoms with Gasteiger partial charge in [-0.25, -0.2) is 9.97 Å². The number of carbonyl (C=O) groups excluding carboxylic acids is 3. The topological polar surface area (TPSA) is 117 Å². The van der Waals surface area contributed by atoms with Crippen molar-refractivity contribution in [3.8, 4) is 11.1 Å². The number of piperidine rings is 1. The highest BCUT2D eigenvalue weighted by Gasteiger charge is 2.65. The fourth-order valence-electron chi connectivity index (χ4n) is 6.00. The Bertz CT molecular complexity index is 1350. The number of hydrogen-bond acceptors (Lipinski definition) is 7. The summed E-state index contributed by atoms with van der Waals surface area (Å²) in [5.74, 6) is 0.682. The molecular weight excluding hydrogens is 468 g/mol. The molecule has 1 aromatic carbocycles. The molecule has 2 aromatic rings. The summed E-state index contributed by atoms with van der Waals surface area (Å²) in [6.45, 7) is 8.01. The molecule has 3 heterocycles. The molecule has 1 aromatic heterocycles. The van der Waals surface area contributed by atoms with Crippen LogP contribution < -0.4 is 5.32 Å². The Morgan fingerprint density at radius 3 is 2.49 bits per heavy atom. The fraction of sp³-hybridized carbons (Fsp3) is 0.536. The molecule has 9 nitrogen and oxygen atoms in total. The number of hydrogen-bond donors (Lipinski definition) is 1. The smallest absolute Gasteiger partial charge is 0.242 e. The minimum atomic E-state index is -1.42. The molecule has 0 radical (unpaired) electrons. The van der Waals surface area contributed by atoms with Gasteiger partial charge in [-0.05, 0) is 81.0 Å². The summed E-state index contributed by atoms with van der Waals surface area (Å²) in [5, 5.41) is 11.9. The highest BCUT2D eigenvalue weighted by atomic mass is 16.2. The first-order valence-electron chi connectivity index (χ1n) is 13.1. The van der Waals surface area contributed by atoms with Gasteiger partial charge in [-0.2, -0.15) is 10.2 Å². The number of likely N-dealkylation sites (tertiary alicyclic amines) is 1. The van der Waals surface area contributed by atoms with Crippen molar-refractivity contribution < 1.29 is 14.4 Å². The third-order valence-corrected chi connectivity index (χ3v) is 8.66. The van der Waals surface area contributed by atoms with Gasteiger partial charge >= 0.3 is 0 Å². The van der Waals surface area contributed by atoms with E-state index in [9.17, 15) is 14.4 Å². The quantitative estimate of drug-likeness (QED) is 0.618. The van der Waals surface area contributed by atoms with Gasteiger partial charge in [-0.15, -0.1) is 0 Å². The van der Waals surface area contributed by atoms with E-state index >= 15 is 0 Å². The molecule has 6 rings (SSSR count). The molecule has 192 valence electrons. The molecule has 2 saturated carbocycles. The zero-order valence-electron chi connectivity index (χ0n) is 21.7. The molecule has 3 fully saturated rings. The minimum Gasteiger partial charge on any atom is -0.354 e. The summed E-state index contributed by atoms with van der Waals surface area (Å²) in [6.07, 6.45) is 7.18. The van der Waals surface area contributed by atoms with Crippen LogP contribution in [0, 0.1) is 25.2 Å². The second kappa shape index (κ2) is 8.26. The van der Waals surface area contributed by atoms with E-state index in [0.29, 0.717) is 36.0 Å². The number of azo groups is 1. The average Bonchev–Trinajstić information content (AvgIpc) is 3.74.